The van der Waals surface area contributed by atoms with Crippen LogP contribution in [0, 0.1) is 0 Å². The van der Waals surface area contributed by atoms with Gasteiger partial charge in [0.2, 0.25) is 5.95 Å². The molecule has 0 radical (unpaired) electrons. The van der Waals surface area contributed by atoms with Gasteiger partial charge in [0, 0.05) is 37.2 Å². The molecule has 0 atom stereocenters. The fourth-order valence-corrected chi connectivity index (χ4v) is 8.67. The summed E-state index contributed by atoms with van der Waals surface area (Å²) in [5, 5.41) is 10.7. The number of rotatable bonds is 2. The van der Waals surface area contributed by atoms with Crippen molar-refractivity contribution >= 4 is 96.9 Å². The number of nitrogens with zero attached hydrogens (tertiary/aromatic N) is 3. The molecule has 4 heterocycles. The SMILES string of the molecule is c1ccc2c(c1)ccc1c2c2c3ccccc3ccc2n1-c1nc(-c2ccc3c(c2)oc2ccccc23)c2sc3ccccc3c2n1. The molecule has 5 heteroatoms. The molecular formula is C42H23N3OS. The molecule has 0 bridgehead atoms. The maximum atomic E-state index is 6.34. The largest absolute Gasteiger partial charge is 0.456 e. The Balaban J connectivity index is 1.29. The lowest BCUT2D eigenvalue weighted by atomic mass is 10.00. The molecule has 0 spiro atoms. The van der Waals surface area contributed by atoms with Crippen LogP contribution in [0.25, 0.3) is 103 Å². The van der Waals surface area contributed by atoms with Crippen molar-refractivity contribution in [2.45, 2.75) is 0 Å². The highest BCUT2D eigenvalue weighted by atomic mass is 32.1. The summed E-state index contributed by atoms with van der Waals surface area (Å²) in [6, 6.07) is 49.4. The van der Waals surface area contributed by atoms with Gasteiger partial charge in [-0.25, -0.2) is 9.97 Å². The molecule has 0 N–H and O–H groups in total. The Bertz CT molecular complexity index is 3000. The highest BCUT2D eigenvalue weighted by Crippen LogP contribution is 2.43. The fourth-order valence-electron chi connectivity index (χ4n) is 7.51. The first-order chi connectivity index (χ1) is 23.3. The van der Waals surface area contributed by atoms with Crippen LogP contribution in [0.2, 0.25) is 0 Å². The van der Waals surface area contributed by atoms with Crippen molar-refractivity contribution < 1.29 is 4.42 Å². The Morgan fingerprint density at radius 2 is 1.13 bits per heavy atom. The number of benzene rings is 7. The Hall–Kier alpha value is -6.04. The van der Waals surface area contributed by atoms with E-state index in [0.29, 0.717) is 5.95 Å². The van der Waals surface area contributed by atoms with Crippen LogP contribution in [0.3, 0.4) is 0 Å². The Labute approximate surface area is 271 Å². The summed E-state index contributed by atoms with van der Waals surface area (Å²) in [7, 11) is 0. The van der Waals surface area contributed by atoms with Gasteiger partial charge in [-0.15, -0.1) is 11.3 Å². The van der Waals surface area contributed by atoms with Crippen molar-refractivity contribution in [1.29, 1.82) is 0 Å². The molecule has 0 fully saturated rings. The summed E-state index contributed by atoms with van der Waals surface area (Å²) in [6.07, 6.45) is 0. The molecule has 11 rings (SSSR count). The van der Waals surface area contributed by atoms with Crippen LogP contribution in [0.5, 0.6) is 0 Å². The van der Waals surface area contributed by atoms with Gasteiger partial charge < -0.3 is 4.42 Å². The van der Waals surface area contributed by atoms with Gasteiger partial charge in [-0.3, -0.25) is 4.57 Å². The molecule has 0 aliphatic rings. The van der Waals surface area contributed by atoms with E-state index >= 15 is 0 Å². The highest BCUT2D eigenvalue weighted by molar-refractivity contribution is 7.26. The van der Waals surface area contributed by atoms with E-state index in [1.807, 2.05) is 12.1 Å². The lowest BCUT2D eigenvalue weighted by Crippen LogP contribution is -2.02. The molecule has 0 amide bonds. The standard InChI is InChI=1S/C42H23N3OS/c1-3-11-27-24(9-1)18-21-32-37(27)38-28-12-4-2-10-25(28)19-22-33(38)45(32)42-43-39(41-40(44-42)31-14-6-8-16-36(31)47-41)26-17-20-30-29-13-5-7-15-34(29)46-35(30)23-26/h1-23H. The lowest BCUT2D eigenvalue weighted by Gasteiger charge is -2.10. The number of aromatic nitrogens is 3. The molecule has 47 heavy (non-hydrogen) atoms. The monoisotopic (exact) mass is 617 g/mol. The van der Waals surface area contributed by atoms with Gasteiger partial charge in [-0.2, -0.15) is 0 Å². The summed E-state index contributed by atoms with van der Waals surface area (Å²) in [4.78, 5) is 10.8. The van der Waals surface area contributed by atoms with E-state index in [1.165, 1.54) is 37.0 Å². The van der Waals surface area contributed by atoms with Crippen molar-refractivity contribution in [2.24, 2.45) is 0 Å². The van der Waals surface area contributed by atoms with E-state index in [2.05, 4.69) is 132 Å². The zero-order valence-electron chi connectivity index (χ0n) is 24.9. The van der Waals surface area contributed by atoms with Gasteiger partial charge in [0.05, 0.1) is 26.9 Å². The van der Waals surface area contributed by atoms with E-state index in [4.69, 9.17) is 14.4 Å². The number of para-hydroxylation sites is 1. The minimum absolute atomic E-state index is 0.659. The topological polar surface area (TPSA) is 43.9 Å². The fraction of sp³-hybridized carbons (Fsp3) is 0. The number of furan rings is 1. The zero-order chi connectivity index (χ0) is 30.6. The summed E-state index contributed by atoms with van der Waals surface area (Å²) in [5.74, 6) is 0.659. The van der Waals surface area contributed by atoms with Gasteiger partial charge >= 0.3 is 0 Å². The number of hydrogen-bond donors (Lipinski definition) is 0. The second-order valence-electron chi connectivity index (χ2n) is 12.2. The molecule has 0 saturated carbocycles. The van der Waals surface area contributed by atoms with Crippen molar-refractivity contribution in [3.05, 3.63) is 140 Å². The first kappa shape index (κ1) is 25.2. The van der Waals surface area contributed by atoms with Gasteiger partial charge in [-0.1, -0.05) is 103 Å². The quantitative estimate of drug-likeness (QED) is 0.194. The first-order valence-electron chi connectivity index (χ1n) is 15.8. The third-order valence-electron chi connectivity index (χ3n) is 9.61. The number of hydrogen-bond acceptors (Lipinski definition) is 4. The summed E-state index contributed by atoms with van der Waals surface area (Å²) >= 11 is 1.75. The zero-order valence-corrected chi connectivity index (χ0v) is 25.8. The molecule has 4 nitrogen and oxygen atoms in total. The molecule has 11 aromatic rings. The predicted octanol–water partition coefficient (Wildman–Crippen LogP) is 11.8. The van der Waals surface area contributed by atoms with E-state index in [1.54, 1.807) is 11.3 Å². The van der Waals surface area contributed by atoms with Crippen LogP contribution in [-0.4, -0.2) is 14.5 Å². The van der Waals surface area contributed by atoms with Crippen LogP contribution in [0.4, 0.5) is 0 Å². The van der Waals surface area contributed by atoms with E-state index in [9.17, 15) is 0 Å². The summed E-state index contributed by atoms with van der Waals surface area (Å²) < 4.78 is 10.9. The smallest absolute Gasteiger partial charge is 0.235 e. The van der Waals surface area contributed by atoms with Crippen LogP contribution >= 0.6 is 11.3 Å². The Morgan fingerprint density at radius 1 is 0.511 bits per heavy atom. The average molecular weight is 618 g/mol. The molecule has 0 aliphatic heterocycles. The summed E-state index contributed by atoms with van der Waals surface area (Å²) in [6.45, 7) is 0. The maximum Gasteiger partial charge on any atom is 0.235 e. The van der Waals surface area contributed by atoms with Gasteiger partial charge in [-0.05, 0) is 57.9 Å². The normalized spacial score (nSPS) is 12.3. The predicted molar refractivity (Wildman–Crippen MR) is 197 cm³/mol. The van der Waals surface area contributed by atoms with Crippen LogP contribution in [0.1, 0.15) is 0 Å². The molecule has 4 aromatic heterocycles. The molecule has 0 saturated heterocycles. The van der Waals surface area contributed by atoms with Crippen molar-refractivity contribution in [3.63, 3.8) is 0 Å². The van der Waals surface area contributed by atoms with Crippen molar-refractivity contribution in [2.75, 3.05) is 0 Å². The minimum Gasteiger partial charge on any atom is -0.456 e. The third kappa shape index (κ3) is 3.46. The van der Waals surface area contributed by atoms with E-state index in [-0.39, 0.29) is 0 Å². The Kier molecular flexibility index (Phi) is 4.96. The lowest BCUT2D eigenvalue weighted by molar-refractivity contribution is 0.669. The van der Waals surface area contributed by atoms with E-state index < -0.39 is 0 Å². The molecule has 0 unspecified atom stereocenters. The highest BCUT2D eigenvalue weighted by Gasteiger charge is 2.22. The molecular weight excluding hydrogens is 595 g/mol. The van der Waals surface area contributed by atoms with Gasteiger partial charge in [0.1, 0.15) is 11.2 Å². The third-order valence-corrected chi connectivity index (χ3v) is 10.8. The van der Waals surface area contributed by atoms with Gasteiger partial charge in [0.15, 0.2) is 0 Å². The van der Waals surface area contributed by atoms with E-state index in [0.717, 1.165) is 59.8 Å². The minimum atomic E-state index is 0.659. The first-order valence-corrected chi connectivity index (χ1v) is 16.6. The second-order valence-corrected chi connectivity index (χ2v) is 13.2. The molecule has 218 valence electrons. The Morgan fingerprint density at radius 3 is 1.87 bits per heavy atom. The van der Waals surface area contributed by atoms with Gasteiger partial charge in [0.25, 0.3) is 0 Å². The average Bonchev–Trinajstić information content (AvgIpc) is 3.80. The molecule has 7 aromatic carbocycles. The second kappa shape index (κ2) is 9.25. The number of thiophene rings is 1. The van der Waals surface area contributed by atoms with Crippen molar-refractivity contribution in [1.82, 2.24) is 14.5 Å². The van der Waals surface area contributed by atoms with Crippen LogP contribution < -0.4 is 0 Å². The summed E-state index contributed by atoms with van der Waals surface area (Å²) in [5.41, 5.74) is 6.80. The number of fused-ring (bicyclic) bond motifs is 13. The van der Waals surface area contributed by atoms with Crippen molar-refractivity contribution in [3.8, 4) is 17.2 Å². The van der Waals surface area contributed by atoms with Crippen LogP contribution in [0.15, 0.2) is 144 Å². The van der Waals surface area contributed by atoms with Crippen LogP contribution in [-0.2, 0) is 0 Å². The molecule has 0 aliphatic carbocycles. The maximum absolute atomic E-state index is 6.34.